The number of benzene rings is 1. The highest BCUT2D eigenvalue weighted by molar-refractivity contribution is 7.89. The van der Waals surface area contributed by atoms with Crippen molar-refractivity contribution in [1.82, 2.24) is 4.31 Å². The standard InChI is InChI=1S/C16H23NO2S/c1-13(2)10-11-17(12-14(3)4)20(18,19)16-8-6-15(5)7-9-16/h6-9H,1,3,10-12H2,2,4-5H3. The summed E-state index contributed by atoms with van der Waals surface area (Å²) < 4.78 is 26.8. The Morgan fingerprint density at radius 3 is 2.10 bits per heavy atom. The van der Waals surface area contributed by atoms with Gasteiger partial charge in [-0.25, -0.2) is 8.42 Å². The average molecular weight is 293 g/mol. The summed E-state index contributed by atoms with van der Waals surface area (Å²) in [6.45, 7) is 14.1. The highest BCUT2D eigenvalue weighted by Crippen LogP contribution is 2.18. The van der Waals surface area contributed by atoms with Crippen LogP contribution in [-0.2, 0) is 10.0 Å². The van der Waals surface area contributed by atoms with Crippen LogP contribution in [0.25, 0.3) is 0 Å². The monoisotopic (exact) mass is 293 g/mol. The first kappa shape index (κ1) is 16.7. The largest absolute Gasteiger partial charge is 0.243 e. The van der Waals surface area contributed by atoms with Crippen LogP contribution >= 0.6 is 0 Å². The minimum atomic E-state index is -3.48. The maximum Gasteiger partial charge on any atom is 0.243 e. The van der Waals surface area contributed by atoms with Gasteiger partial charge in [0.25, 0.3) is 0 Å². The normalized spacial score (nSPS) is 11.6. The molecule has 0 heterocycles. The summed E-state index contributed by atoms with van der Waals surface area (Å²) in [5.41, 5.74) is 2.83. The number of aryl methyl sites for hydroxylation is 1. The second kappa shape index (κ2) is 6.86. The molecule has 0 saturated heterocycles. The van der Waals surface area contributed by atoms with Crippen LogP contribution in [0.15, 0.2) is 53.5 Å². The van der Waals surface area contributed by atoms with Crippen LogP contribution in [0.5, 0.6) is 0 Å². The Labute approximate surface area is 122 Å². The van der Waals surface area contributed by atoms with E-state index in [0.717, 1.165) is 16.7 Å². The van der Waals surface area contributed by atoms with Gasteiger partial charge in [0.1, 0.15) is 0 Å². The molecule has 0 bridgehead atoms. The first-order valence-electron chi connectivity index (χ1n) is 6.59. The predicted molar refractivity (Wildman–Crippen MR) is 84.2 cm³/mol. The van der Waals surface area contributed by atoms with Crippen LogP contribution in [-0.4, -0.2) is 25.8 Å². The Bertz CT molecular complexity index is 585. The van der Waals surface area contributed by atoms with E-state index in [4.69, 9.17) is 0 Å². The molecule has 1 aromatic rings. The zero-order valence-corrected chi connectivity index (χ0v) is 13.3. The van der Waals surface area contributed by atoms with Gasteiger partial charge in [-0.05, 0) is 39.3 Å². The number of nitrogens with zero attached hydrogens (tertiary/aromatic N) is 1. The van der Waals surface area contributed by atoms with Crippen molar-refractivity contribution in [1.29, 1.82) is 0 Å². The van der Waals surface area contributed by atoms with Gasteiger partial charge in [0.15, 0.2) is 0 Å². The lowest BCUT2D eigenvalue weighted by atomic mass is 10.2. The smallest absolute Gasteiger partial charge is 0.207 e. The Balaban J connectivity index is 3.06. The van der Waals surface area contributed by atoms with Crippen LogP contribution in [0.1, 0.15) is 25.8 Å². The van der Waals surface area contributed by atoms with Crippen molar-refractivity contribution < 1.29 is 8.42 Å². The summed E-state index contributed by atoms with van der Waals surface area (Å²) in [6.07, 6.45) is 0.651. The maximum absolute atomic E-state index is 12.6. The SMILES string of the molecule is C=C(C)CCN(CC(=C)C)S(=O)(=O)c1ccc(C)cc1. The second-order valence-electron chi connectivity index (χ2n) is 5.32. The molecule has 0 aromatic heterocycles. The molecule has 1 rings (SSSR count). The van der Waals surface area contributed by atoms with E-state index >= 15 is 0 Å². The van der Waals surface area contributed by atoms with Crippen LogP contribution in [0, 0.1) is 6.92 Å². The lowest BCUT2D eigenvalue weighted by molar-refractivity contribution is 0.438. The Morgan fingerprint density at radius 1 is 1.10 bits per heavy atom. The highest BCUT2D eigenvalue weighted by Gasteiger charge is 2.23. The van der Waals surface area contributed by atoms with E-state index in [1.807, 2.05) is 32.9 Å². The van der Waals surface area contributed by atoms with E-state index in [1.165, 1.54) is 4.31 Å². The summed E-state index contributed by atoms with van der Waals surface area (Å²) in [6, 6.07) is 6.92. The molecular formula is C16H23NO2S. The lowest BCUT2D eigenvalue weighted by Crippen LogP contribution is -2.33. The van der Waals surface area contributed by atoms with Crippen molar-refractivity contribution in [2.45, 2.75) is 32.1 Å². The fourth-order valence-corrected chi connectivity index (χ4v) is 3.26. The average Bonchev–Trinajstić information content (AvgIpc) is 2.34. The van der Waals surface area contributed by atoms with Gasteiger partial charge in [0.05, 0.1) is 4.90 Å². The Morgan fingerprint density at radius 2 is 1.65 bits per heavy atom. The van der Waals surface area contributed by atoms with Gasteiger partial charge in [-0.3, -0.25) is 0 Å². The van der Waals surface area contributed by atoms with Crippen molar-refractivity contribution in [3.8, 4) is 0 Å². The van der Waals surface area contributed by atoms with Crippen LogP contribution in [0.2, 0.25) is 0 Å². The predicted octanol–water partition coefficient (Wildman–Crippen LogP) is 3.53. The molecule has 110 valence electrons. The van der Waals surface area contributed by atoms with Gasteiger partial charge in [-0.2, -0.15) is 4.31 Å². The van der Waals surface area contributed by atoms with Crippen molar-refractivity contribution in [2.75, 3.05) is 13.1 Å². The molecular weight excluding hydrogens is 270 g/mol. The number of hydrogen-bond donors (Lipinski definition) is 0. The van der Waals surface area contributed by atoms with Gasteiger partial charge < -0.3 is 0 Å². The van der Waals surface area contributed by atoms with Crippen molar-refractivity contribution >= 4 is 10.0 Å². The quantitative estimate of drug-likeness (QED) is 0.721. The second-order valence-corrected chi connectivity index (χ2v) is 7.25. The molecule has 0 aliphatic carbocycles. The number of hydrogen-bond acceptors (Lipinski definition) is 2. The molecule has 3 nitrogen and oxygen atoms in total. The lowest BCUT2D eigenvalue weighted by Gasteiger charge is -2.22. The zero-order chi connectivity index (χ0) is 15.3. The van der Waals surface area contributed by atoms with Crippen LogP contribution in [0.4, 0.5) is 0 Å². The minimum absolute atomic E-state index is 0.325. The van der Waals surface area contributed by atoms with E-state index < -0.39 is 10.0 Å². The van der Waals surface area contributed by atoms with Gasteiger partial charge in [-0.1, -0.05) is 35.4 Å². The summed E-state index contributed by atoms with van der Waals surface area (Å²) in [7, 11) is -3.48. The van der Waals surface area contributed by atoms with Gasteiger partial charge >= 0.3 is 0 Å². The topological polar surface area (TPSA) is 37.4 Å². The third kappa shape index (κ3) is 4.62. The molecule has 0 unspecified atom stereocenters. The van der Waals surface area contributed by atoms with Gasteiger partial charge in [0.2, 0.25) is 10.0 Å². The highest BCUT2D eigenvalue weighted by atomic mass is 32.2. The molecule has 0 amide bonds. The number of sulfonamides is 1. The van der Waals surface area contributed by atoms with E-state index in [1.54, 1.807) is 12.1 Å². The molecule has 0 radical (unpaired) electrons. The van der Waals surface area contributed by atoms with Crippen molar-refractivity contribution in [2.24, 2.45) is 0 Å². The van der Waals surface area contributed by atoms with E-state index in [0.29, 0.717) is 24.4 Å². The molecule has 0 atom stereocenters. The number of rotatable bonds is 7. The van der Waals surface area contributed by atoms with Crippen LogP contribution in [0.3, 0.4) is 0 Å². The first-order chi connectivity index (χ1) is 9.23. The zero-order valence-electron chi connectivity index (χ0n) is 12.5. The van der Waals surface area contributed by atoms with Crippen molar-refractivity contribution in [3.63, 3.8) is 0 Å². The van der Waals surface area contributed by atoms with E-state index in [-0.39, 0.29) is 0 Å². The molecule has 0 aliphatic heterocycles. The maximum atomic E-state index is 12.6. The Hall–Kier alpha value is -1.39. The third-order valence-corrected chi connectivity index (χ3v) is 4.75. The van der Waals surface area contributed by atoms with Gasteiger partial charge in [0, 0.05) is 13.1 Å². The Kier molecular flexibility index (Phi) is 5.72. The molecule has 0 saturated carbocycles. The summed E-state index contributed by atoms with van der Waals surface area (Å²) in [5, 5.41) is 0. The van der Waals surface area contributed by atoms with E-state index in [2.05, 4.69) is 13.2 Å². The van der Waals surface area contributed by atoms with Gasteiger partial charge in [-0.15, -0.1) is 6.58 Å². The molecule has 4 heteroatoms. The minimum Gasteiger partial charge on any atom is -0.207 e. The molecule has 0 spiro atoms. The van der Waals surface area contributed by atoms with Crippen LogP contribution < -0.4 is 0 Å². The molecule has 20 heavy (non-hydrogen) atoms. The fraction of sp³-hybridized carbons (Fsp3) is 0.375. The fourth-order valence-electron chi connectivity index (χ4n) is 1.76. The molecule has 0 N–H and O–H groups in total. The molecule has 1 aromatic carbocycles. The third-order valence-electron chi connectivity index (χ3n) is 2.89. The summed E-state index contributed by atoms with van der Waals surface area (Å²) in [4.78, 5) is 0.325. The first-order valence-corrected chi connectivity index (χ1v) is 8.03. The molecule has 0 fully saturated rings. The van der Waals surface area contributed by atoms with Crippen molar-refractivity contribution in [3.05, 3.63) is 54.1 Å². The summed E-state index contributed by atoms with van der Waals surface area (Å²) in [5.74, 6) is 0. The molecule has 0 aliphatic rings. The summed E-state index contributed by atoms with van der Waals surface area (Å²) >= 11 is 0. The van der Waals surface area contributed by atoms with E-state index in [9.17, 15) is 8.42 Å².